The van der Waals surface area contributed by atoms with Crippen molar-refractivity contribution in [1.82, 2.24) is 15.0 Å². The summed E-state index contributed by atoms with van der Waals surface area (Å²) in [5, 5.41) is 28.5. The molecule has 0 saturated carbocycles. The van der Waals surface area contributed by atoms with E-state index in [2.05, 4.69) is 26.2 Å². The minimum atomic E-state index is -1.15. The van der Waals surface area contributed by atoms with Gasteiger partial charge in [-0.05, 0) is 26.0 Å². The number of hydrogen-bond donors (Lipinski definition) is 1. The maximum atomic E-state index is 11.0. The lowest BCUT2D eigenvalue weighted by atomic mass is 10.1. The quantitative estimate of drug-likeness (QED) is 0.689. The average molecular weight is 327 g/mol. The molecule has 19 heavy (non-hydrogen) atoms. The summed E-state index contributed by atoms with van der Waals surface area (Å²) < 4.78 is 1.88. The van der Waals surface area contributed by atoms with Crippen molar-refractivity contribution in [3.8, 4) is 5.69 Å². The van der Waals surface area contributed by atoms with E-state index in [0.717, 1.165) is 0 Å². The van der Waals surface area contributed by atoms with Gasteiger partial charge < -0.3 is 5.11 Å². The molecule has 7 nitrogen and oxygen atoms in total. The molecule has 100 valence electrons. The van der Waals surface area contributed by atoms with Gasteiger partial charge in [0.2, 0.25) is 0 Å². The highest BCUT2D eigenvalue weighted by atomic mass is 79.9. The van der Waals surface area contributed by atoms with Crippen molar-refractivity contribution >= 4 is 21.6 Å². The highest BCUT2D eigenvalue weighted by Crippen LogP contribution is 2.27. The molecule has 0 aliphatic carbocycles. The minimum absolute atomic E-state index is 0.0958. The van der Waals surface area contributed by atoms with Crippen molar-refractivity contribution in [2.24, 2.45) is 0 Å². The van der Waals surface area contributed by atoms with Gasteiger partial charge in [-0.25, -0.2) is 4.68 Å². The van der Waals surface area contributed by atoms with Crippen LogP contribution in [0.3, 0.4) is 0 Å². The summed E-state index contributed by atoms with van der Waals surface area (Å²) in [6.45, 7) is 3.13. The molecule has 1 N–H and O–H groups in total. The van der Waals surface area contributed by atoms with Crippen LogP contribution >= 0.6 is 15.9 Å². The largest absolute Gasteiger partial charge is 0.384 e. The zero-order valence-electron chi connectivity index (χ0n) is 10.2. The second-order valence-electron chi connectivity index (χ2n) is 4.50. The first-order valence-electron chi connectivity index (χ1n) is 5.38. The molecule has 0 spiro atoms. The molecule has 0 fully saturated rings. The van der Waals surface area contributed by atoms with Gasteiger partial charge in [-0.15, -0.1) is 5.10 Å². The second kappa shape index (κ2) is 4.71. The molecule has 1 heterocycles. The molecule has 1 aromatic heterocycles. The monoisotopic (exact) mass is 326 g/mol. The SMILES string of the molecule is CC(C)(O)c1cn(-c2ccc(Br)cc2[N+](=O)[O-])nn1. The number of benzene rings is 1. The fourth-order valence-electron chi connectivity index (χ4n) is 1.50. The summed E-state index contributed by atoms with van der Waals surface area (Å²) in [5.74, 6) is 0. The number of aromatic nitrogens is 3. The normalized spacial score (nSPS) is 11.6. The van der Waals surface area contributed by atoms with E-state index >= 15 is 0 Å². The van der Waals surface area contributed by atoms with Crippen LogP contribution in [0, 0.1) is 10.1 Å². The van der Waals surface area contributed by atoms with E-state index in [0.29, 0.717) is 10.2 Å². The van der Waals surface area contributed by atoms with Crippen LogP contribution in [0.4, 0.5) is 5.69 Å². The summed E-state index contributed by atoms with van der Waals surface area (Å²) >= 11 is 3.18. The van der Waals surface area contributed by atoms with Crippen molar-refractivity contribution in [2.45, 2.75) is 19.4 Å². The molecular formula is C11H11BrN4O3. The van der Waals surface area contributed by atoms with E-state index in [1.54, 1.807) is 26.0 Å². The molecule has 0 atom stereocenters. The first-order valence-corrected chi connectivity index (χ1v) is 6.18. The van der Waals surface area contributed by atoms with E-state index in [1.165, 1.54) is 16.9 Å². The van der Waals surface area contributed by atoms with Gasteiger partial charge in [0.25, 0.3) is 5.69 Å². The number of hydrogen-bond acceptors (Lipinski definition) is 5. The number of rotatable bonds is 3. The van der Waals surface area contributed by atoms with Crippen LogP contribution in [0.15, 0.2) is 28.9 Å². The molecule has 2 aromatic rings. The lowest BCUT2D eigenvalue weighted by Gasteiger charge is -2.11. The number of nitrogens with zero attached hydrogens (tertiary/aromatic N) is 4. The van der Waals surface area contributed by atoms with Gasteiger partial charge in [-0.1, -0.05) is 21.1 Å². The smallest absolute Gasteiger partial charge is 0.296 e. The Balaban J connectivity index is 2.53. The summed E-state index contributed by atoms with van der Waals surface area (Å²) in [6, 6.07) is 4.62. The third-order valence-corrected chi connectivity index (χ3v) is 2.99. The molecular weight excluding hydrogens is 316 g/mol. The zero-order chi connectivity index (χ0) is 14.2. The van der Waals surface area contributed by atoms with Crippen molar-refractivity contribution in [3.63, 3.8) is 0 Å². The van der Waals surface area contributed by atoms with Crippen LogP contribution in [-0.2, 0) is 5.60 Å². The Morgan fingerprint density at radius 3 is 2.68 bits per heavy atom. The topological polar surface area (TPSA) is 94.1 Å². The fourth-order valence-corrected chi connectivity index (χ4v) is 1.85. The molecule has 0 aliphatic heterocycles. The van der Waals surface area contributed by atoms with Gasteiger partial charge >= 0.3 is 0 Å². The maximum Gasteiger partial charge on any atom is 0.296 e. The Labute approximate surface area is 117 Å². The average Bonchev–Trinajstić information content (AvgIpc) is 2.77. The fraction of sp³-hybridized carbons (Fsp3) is 0.273. The van der Waals surface area contributed by atoms with Crippen LogP contribution < -0.4 is 0 Å². The number of halogens is 1. The lowest BCUT2D eigenvalue weighted by molar-refractivity contribution is -0.384. The zero-order valence-corrected chi connectivity index (χ0v) is 11.8. The highest BCUT2D eigenvalue weighted by Gasteiger charge is 2.23. The van der Waals surface area contributed by atoms with Crippen molar-refractivity contribution in [2.75, 3.05) is 0 Å². The number of nitro benzene ring substituents is 1. The van der Waals surface area contributed by atoms with Gasteiger partial charge in [0.1, 0.15) is 17.0 Å². The molecule has 0 radical (unpaired) electrons. The van der Waals surface area contributed by atoms with Crippen LogP contribution in [0.2, 0.25) is 0 Å². The molecule has 0 bridgehead atoms. The van der Waals surface area contributed by atoms with Gasteiger partial charge in [0.05, 0.1) is 11.1 Å². The van der Waals surface area contributed by atoms with E-state index < -0.39 is 10.5 Å². The van der Waals surface area contributed by atoms with Gasteiger partial charge in [0.15, 0.2) is 0 Å². The first-order chi connectivity index (χ1) is 8.79. The molecule has 2 rings (SSSR count). The first kappa shape index (κ1) is 13.6. The third kappa shape index (κ3) is 2.79. The summed E-state index contributed by atoms with van der Waals surface area (Å²) in [4.78, 5) is 10.5. The van der Waals surface area contributed by atoms with Crippen molar-refractivity contribution < 1.29 is 10.0 Å². The van der Waals surface area contributed by atoms with Crippen LogP contribution in [0.1, 0.15) is 19.5 Å². The molecule has 0 aliphatic rings. The standard InChI is InChI=1S/C11H11BrN4O3/c1-11(2,17)10-6-15(14-13-10)8-4-3-7(12)5-9(8)16(18)19/h3-6,17H,1-2H3. The van der Waals surface area contributed by atoms with Crippen LogP contribution in [-0.4, -0.2) is 25.0 Å². The summed E-state index contributed by atoms with van der Waals surface area (Å²) in [6.07, 6.45) is 1.47. The molecule has 0 unspecified atom stereocenters. The highest BCUT2D eigenvalue weighted by molar-refractivity contribution is 9.10. The van der Waals surface area contributed by atoms with Crippen molar-refractivity contribution in [3.05, 3.63) is 44.7 Å². The number of aliphatic hydroxyl groups is 1. The van der Waals surface area contributed by atoms with Gasteiger partial charge in [0, 0.05) is 10.5 Å². The van der Waals surface area contributed by atoms with Gasteiger partial charge in [-0.2, -0.15) is 0 Å². The maximum absolute atomic E-state index is 11.0. The van der Waals surface area contributed by atoms with Crippen LogP contribution in [0.25, 0.3) is 5.69 Å². The Hall–Kier alpha value is -1.80. The summed E-state index contributed by atoms with van der Waals surface area (Å²) in [7, 11) is 0. The van der Waals surface area contributed by atoms with E-state index in [4.69, 9.17) is 0 Å². The minimum Gasteiger partial charge on any atom is -0.384 e. The predicted molar refractivity (Wildman–Crippen MR) is 71.0 cm³/mol. The summed E-state index contributed by atoms with van der Waals surface area (Å²) in [5.41, 5.74) is -0.620. The second-order valence-corrected chi connectivity index (χ2v) is 5.41. The Morgan fingerprint density at radius 1 is 1.47 bits per heavy atom. The van der Waals surface area contributed by atoms with Crippen LogP contribution in [0.5, 0.6) is 0 Å². The lowest BCUT2D eigenvalue weighted by Crippen LogP contribution is -2.15. The molecule has 1 aromatic carbocycles. The Morgan fingerprint density at radius 2 is 2.16 bits per heavy atom. The van der Waals surface area contributed by atoms with E-state index in [9.17, 15) is 15.2 Å². The van der Waals surface area contributed by atoms with E-state index in [-0.39, 0.29) is 11.4 Å². The Kier molecular flexibility index (Phi) is 3.38. The van der Waals surface area contributed by atoms with Gasteiger partial charge in [-0.3, -0.25) is 10.1 Å². The third-order valence-electron chi connectivity index (χ3n) is 2.50. The molecule has 0 saturated heterocycles. The molecule has 8 heteroatoms. The molecule has 0 amide bonds. The van der Waals surface area contributed by atoms with E-state index in [1.807, 2.05) is 0 Å². The van der Waals surface area contributed by atoms with Crippen molar-refractivity contribution in [1.29, 1.82) is 0 Å². The number of nitro groups is 1. The predicted octanol–water partition coefficient (Wildman–Crippen LogP) is 2.17. The Bertz CT molecular complexity index is 633.